The van der Waals surface area contributed by atoms with Crippen LogP contribution in [-0.4, -0.2) is 35.2 Å². The highest BCUT2D eigenvalue weighted by Crippen LogP contribution is 2.23. The first-order valence-electron chi connectivity index (χ1n) is 6.21. The van der Waals surface area contributed by atoms with Gasteiger partial charge in [0.25, 0.3) is 0 Å². The third kappa shape index (κ3) is 3.23. The Labute approximate surface area is 114 Å². The maximum atomic E-state index is 13.5. The van der Waals surface area contributed by atoms with Crippen molar-refractivity contribution in [2.75, 3.05) is 18.4 Å². The molecule has 0 aliphatic carbocycles. The minimum atomic E-state index is -1.49. The van der Waals surface area contributed by atoms with Crippen molar-refractivity contribution < 1.29 is 23.5 Å². The molecule has 0 unspecified atom stereocenters. The van der Waals surface area contributed by atoms with Gasteiger partial charge in [0.2, 0.25) is 5.91 Å². The van der Waals surface area contributed by atoms with Crippen LogP contribution in [0.15, 0.2) is 18.2 Å². The summed E-state index contributed by atoms with van der Waals surface area (Å²) in [5, 5.41) is 11.5. The molecule has 1 fully saturated rings. The summed E-state index contributed by atoms with van der Waals surface area (Å²) in [6, 6.07) is 3.44. The molecule has 1 saturated heterocycles. The summed E-state index contributed by atoms with van der Waals surface area (Å²) in [6.45, 7) is 0.344. The molecule has 1 heterocycles. The highest BCUT2D eigenvalue weighted by Gasteiger charge is 2.27. The molecule has 1 aliphatic rings. The van der Waals surface area contributed by atoms with Crippen LogP contribution in [0.2, 0.25) is 0 Å². The van der Waals surface area contributed by atoms with Crippen molar-refractivity contribution in [3.63, 3.8) is 0 Å². The van der Waals surface area contributed by atoms with Crippen LogP contribution in [0.25, 0.3) is 0 Å². The summed E-state index contributed by atoms with van der Waals surface area (Å²) in [5.74, 6) is -1.72. The van der Waals surface area contributed by atoms with E-state index in [1.165, 1.54) is 12.1 Å². The number of benzene rings is 1. The number of amides is 2. The number of hydrogen-bond acceptors (Lipinski definition) is 3. The Balaban J connectivity index is 1.94. The zero-order chi connectivity index (χ0) is 14.7. The van der Waals surface area contributed by atoms with Gasteiger partial charge in [-0.15, -0.1) is 4.39 Å². The third-order valence-electron chi connectivity index (χ3n) is 3.32. The average molecular weight is 284 g/mol. The summed E-state index contributed by atoms with van der Waals surface area (Å²) < 4.78 is 25.9. The lowest BCUT2D eigenvalue weighted by Gasteiger charge is -2.28. The lowest BCUT2D eigenvalue weighted by Crippen LogP contribution is -2.39. The standard InChI is InChI=1S/C13H14F2N2O3/c14-10-7-9(18)1-2-11(10)16-12(19)8-3-5-17(6-4-8)13(15)20/h1-2,7-8,18H,3-6H2,(H,16,19). The number of nitrogens with zero attached hydrogens (tertiary/aromatic N) is 1. The molecule has 1 aliphatic heterocycles. The fraction of sp³-hybridized carbons (Fsp3) is 0.385. The van der Waals surface area contributed by atoms with E-state index in [1.54, 1.807) is 0 Å². The zero-order valence-electron chi connectivity index (χ0n) is 10.6. The van der Waals surface area contributed by atoms with Crippen LogP contribution in [0.4, 0.5) is 19.3 Å². The van der Waals surface area contributed by atoms with Crippen molar-refractivity contribution in [2.45, 2.75) is 12.8 Å². The Morgan fingerprint density at radius 2 is 1.95 bits per heavy atom. The molecule has 0 spiro atoms. The minimum absolute atomic E-state index is 0.0169. The number of piperidine rings is 1. The van der Waals surface area contributed by atoms with Crippen molar-refractivity contribution in [2.24, 2.45) is 5.92 Å². The normalized spacial score (nSPS) is 16.0. The Bertz CT molecular complexity index is 528. The molecule has 1 aromatic carbocycles. The number of carbonyl (C=O) groups excluding carboxylic acids is 2. The molecular weight excluding hydrogens is 270 g/mol. The molecule has 2 N–H and O–H groups in total. The third-order valence-corrected chi connectivity index (χ3v) is 3.32. The summed E-state index contributed by atoms with van der Waals surface area (Å²) in [6.07, 6.45) is -0.823. The molecule has 0 atom stereocenters. The van der Waals surface area contributed by atoms with Crippen LogP contribution in [0.5, 0.6) is 5.75 Å². The monoisotopic (exact) mass is 284 g/mol. The number of phenols is 1. The maximum Gasteiger partial charge on any atom is 0.400 e. The Morgan fingerprint density at radius 3 is 2.50 bits per heavy atom. The predicted octanol–water partition coefficient (Wildman–Crippen LogP) is 2.27. The van der Waals surface area contributed by atoms with E-state index in [4.69, 9.17) is 5.11 Å². The van der Waals surface area contributed by atoms with Crippen molar-refractivity contribution >= 4 is 17.8 Å². The van der Waals surface area contributed by atoms with Crippen LogP contribution >= 0.6 is 0 Å². The van der Waals surface area contributed by atoms with Gasteiger partial charge < -0.3 is 15.3 Å². The topological polar surface area (TPSA) is 69.6 Å². The quantitative estimate of drug-likeness (QED) is 0.497. The van der Waals surface area contributed by atoms with Gasteiger partial charge >= 0.3 is 6.16 Å². The number of nitrogens with one attached hydrogen (secondary N) is 1. The first-order valence-corrected chi connectivity index (χ1v) is 6.21. The van der Waals surface area contributed by atoms with Crippen molar-refractivity contribution in [1.82, 2.24) is 4.90 Å². The van der Waals surface area contributed by atoms with Crippen LogP contribution < -0.4 is 5.32 Å². The second-order valence-electron chi connectivity index (χ2n) is 4.67. The van der Waals surface area contributed by atoms with Crippen LogP contribution in [0.1, 0.15) is 12.8 Å². The molecule has 0 saturated carbocycles. The molecule has 108 valence electrons. The van der Waals surface area contributed by atoms with Gasteiger partial charge in [-0.2, -0.15) is 0 Å². The van der Waals surface area contributed by atoms with Gasteiger partial charge in [0.05, 0.1) is 5.69 Å². The second-order valence-corrected chi connectivity index (χ2v) is 4.67. The summed E-state index contributed by atoms with van der Waals surface area (Å²) in [4.78, 5) is 23.5. The van der Waals surface area contributed by atoms with Crippen LogP contribution in [0.3, 0.4) is 0 Å². The molecule has 0 aromatic heterocycles. The highest BCUT2D eigenvalue weighted by atomic mass is 19.1. The average Bonchev–Trinajstić information content (AvgIpc) is 2.42. The van der Waals surface area contributed by atoms with Gasteiger partial charge in [0, 0.05) is 25.1 Å². The highest BCUT2D eigenvalue weighted by molar-refractivity contribution is 5.92. The van der Waals surface area contributed by atoms with Gasteiger partial charge in [-0.05, 0) is 25.0 Å². The molecule has 2 rings (SSSR count). The molecule has 7 heteroatoms. The molecule has 1 aromatic rings. The van der Waals surface area contributed by atoms with E-state index in [1.807, 2.05) is 0 Å². The van der Waals surface area contributed by atoms with Gasteiger partial charge in [0.1, 0.15) is 11.6 Å². The van der Waals surface area contributed by atoms with Gasteiger partial charge in [-0.25, -0.2) is 9.18 Å². The number of carbonyl (C=O) groups is 2. The molecule has 2 amide bonds. The molecule has 20 heavy (non-hydrogen) atoms. The number of hydrogen-bond donors (Lipinski definition) is 2. The van der Waals surface area contributed by atoms with E-state index in [0.717, 1.165) is 11.0 Å². The molecule has 0 bridgehead atoms. The number of halogens is 2. The van der Waals surface area contributed by atoms with E-state index in [9.17, 15) is 18.4 Å². The van der Waals surface area contributed by atoms with E-state index >= 15 is 0 Å². The SMILES string of the molecule is O=C(Nc1ccc(O)cc1F)C1CCN(C(=O)F)CC1. The number of anilines is 1. The largest absolute Gasteiger partial charge is 0.508 e. The maximum absolute atomic E-state index is 13.5. The molecule has 0 radical (unpaired) electrons. The first kappa shape index (κ1) is 14.2. The Kier molecular flexibility index (Phi) is 4.16. The zero-order valence-corrected chi connectivity index (χ0v) is 10.6. The molecular formula is C13H14F2N2O3. The second kappa shape index (κ2) is 5.85. The number of aromatic hydroxyl groups is 1. The Hall–Kier alpha value is -2.18. The number of likely N-dealkylation sites (tertiary alicyclic amines) is 1. The summed E-state index contributed by atoms with van der Waals surface area (Å²) >= 11 is 0. The number of rotatable bonds is 2. The van der Waals surface area contributed by atoms with Crippen molar-refractivity contribution in [1.29, 1.82) is 0 Å². The van der Waals surface area contributed by atoms with Gasteiger partial charge in [-0.3, -0.25) is 4.79 Å². The smallest absolute Gasteiger partial charge is 0.400 e. The Morgan fingerprint density at radius 1 is 1.30 bits per heavy atom. The van der Waals surface area contributed by atoms with E-state index in [0.29, 0.717) is 12.8 Å². The van der Waals surface area contributed by atoms with E-state index in [-0.39, 0.29) is 36.4 Å². The fourth-order valence-electron chi connectivity index (χ4n) is 2.16. The summed E-state index contributed by atoms with van der Waals surface area (Å²) in [5.41, 5.74) is -0.0169. The van der Waals surface area contributed by atoms with E-state index < -0.39 is 12.0 Å². The predicted molar refractivity (Wildman–Crippen MR) is 67.5 cm³/mol. The lowest BCUT2D eigenvalue weighted by atomic mass is 9.96. The van der Waals surface area contributed by atoms with Crippen LogP contribution in [0, 0.1) is 11.7 Å². The molecule has 5 nitrogen and oxygen atoms in total. The number of phenolic OH excluding ortho intramolecular Hbond substituents is 1. The van der Waals surface area contributed by atoms with Crippen molar-refractivity contribution in [3.05, 3.63) is 24.0 Å². The lowest BCUT2D eigenvalue weighted by molar-refractivity contribution is -0.121. The minimum Gasteiger partial charge on any atom is -0.508 e. The first-order chi connectivity index (χ1) is 9.47. The van der Waals surface area contributed by atoms with Crippen molar-refractivity contribution in [3.8, 4) is 5.75 Å². The van der Waals surface area contributed by atoms with E-state index in [2.05, 4.69) is 5.32 Å². The fourth-order valence-corrected chi connectivity index (χ4v) is 2.16. The van der Waals surface area contributed by atoms with Crippen LogP contribution in [-0.2, 0) is 4.79 Å². The van der Waals surface area contributed by atoms with Gasteiger partial charge in [-0.1, -0.05) is 0 Å². The van der Waals surface area contributed by atoms with Gasteiger partial charge in [0.15, 0.2) is 0 Å². The summed E-state index contributed by atoms with van der Waals surface area (Å²) in [7, 11) is 0.